The van der Waals surface area contributed by atoms with Crippen molar-refractivity contribution >= 4 is 17.6 Å². The largest absolute Gasteiger partial charge is 0.492 e. The van der Waals surface area contributed by atoms with Crippen molar-refractivity contribution in [2.45, 2.75) is 25.7 Å². The predicted molar refractivity (Wildman–Crippen MR) is 65.6 cm³/mol. The smallest absolute Gasteiger partial charge is 0.303 e. The second kappa shape index (κ2) is 5.41. The minimum absolute atomic E-state index is 0.124. The van der Waals surface area contributed by atoms with Gasteiger partial charge in [-0.1, -0.05) is 17.7 Å². The molecule has 0 unspecified atom stereocenters. The van der Waals surface area contributed by atoms with Gasteiger partial charge in [0.2, 0.25) is 0 Å². The van der Waals surface area contributed by atoms with Crippen molar-refractivity contribution in [3.8, 4) is 5.75 Å². The van der Waals surface area contributed by atoms with E-state index in [1.165, 1.54) is 12.8 Å². The molecule has 1 aliphatic carbocycles. The highest BCUT2D eigenvalue weighted by atomic mass is 35.5. The lowest BCUT2D eigenvalue weighted by Gasteiger charge is -2.08. The zero-order valence-corrected chi connectivity index (χ0v) is 10.2. The van der Waals surface area contributed by atoms with Gasteiger partial charge in [-0.25, -0.2) is 0 Å². The Labute approximate surface area is 105 Å². The van der Waals surface area contributed by atoms with Crippen LogP contribution in [-0.2, 0) is 11.2 Å². The summed E-state index contributed by atoms with van der Waals surface area (Å²) in [6.07, 6.45) is 3.11. The van der Waals surface area contributed by atoms with Gasteiger partial charge in [-0.05, 0) is 42.9 Å². The monoisotopic (exact) mass is 254 g/mol. The van der Waals surface area contributed by atoms with Gasteiger partial charge in [0.25, 0.3) is 0 Å². The van der Waals surface area contributed by atoms with Crippen LogP contribution in [0, 0.1) is 5.92 Å². The fourth-order valence-corrected chi connectivity index (χ4v) is 1.82. The molecule has 1 fully saturated rings. The molecule has 0 amide bonds. The minimum Gasteiger partial charge on any atom is -0.492 e. The Balaban J connectivity index is 1.92. The molecule has 4 heteroatoms. The summed E-state index contributed by atoms with van der Waals surface area (Å²) in [6, 6.07) is 5.48. The van der Waals surface area contributed by atoms with Gasteiger partial charge < -0.3 is 9.84 Å². The SMILES string of the molecule is O=C(O)CCc1ccc(OCC2CC2)c(Cl)c1. The molecule has 0 aliphatic heterocycles. The molecule has 3 nitrogen and oxygen atoms in total. The first-order valence-corrected chi connectivity index (χ1v) is 6.16. The molecular formula is C13H15ClO3. The van der Waals surface area contributed by atoms with E-state index in [-0.39, 0.29) is 6.42 Å². The van der Waals surface area contributed by atoms with E-state index < -0.39 is 5.97 Å². The fraction of sp³-hybridized carbons (Fsp3) is 0.462. The topological polar surface area (TPSA) is 46.5 Å². The van der Waals surface area contributed by atoms with Gasteiger partial charge in [0.05, 0.1) is 11.6 Å². The number of ether oxygens (including phenoxy) is 1. The summed E-state index contributed by atoms with van der Waals surface area (Å²) in [7, 11) is 0. The van der Waals surface area contributed by atoms with Crippen LogP contribution in [0.1, 0.15) is 24.8 Å². The summed E-state index contributed by atoms with van der Waals surface area (Å²) in [5.74, 6) is 0.588. The number of carboxylic acid groups (broad SMARTS) is 1. The number of benzene rings is 1. The summed E-state index contributed by atoms with van der Waals surface area (Å²) in [6.45, 7) is 0.730. The maximum atomic E-state index is 10.5. The van der Waals surface area contributed by atoms with E-state index in [0.29, 0.717) is 23.1 Å². The lowest BCUT2D eigenvalue weighted by Crippen LogP contribution is -2.00. The molecule has 1 N–H and O–H groups in total. The molecule has 1 aromatic rings. The van der Waals surface area contributed by atoms with Crippen molar-refractivity contribution in [3.63, 3.8) is 0 Å². The van der Waals surface area contributed by atoms with Crippen molar-refractivity contribution in [2.24, 2.45) is 5.92 Å². The van der Waals surface area contributed by atoms with Crippen molar-refractivity contribution in [1.82, 2.24) is 0 Å². The molecule has 0 radical (unpaired) electrons. The van der Waals surface area contributed by atoms with Crippen LogP contribution in [0.2, 0.25) is 5.02 Å². The molecule has 92 valence electrons. The van der Waals surface area contributed by atoms with Crippen molar-refractivity contribution in [2.75, 3.05) is 6.61 Å². The minimum atomic E-state index is -0.796. The third-order valence-electron chi connectivity index (χ3n) is 2.80. The van der Waals surface area contributed by atoms with Crippen molar-refractivity contribution < 1.29 is 14.6 Å². The number of hydrogen-bond acceptors (Lipinski definition) is 2. The maximum Gasteiger partial charge on any atom is 0.303 e. The van der Waals surface area contributed by atoms with Crippen LogP contribution in [0.15, 0.2) is 18.2 Å². The Hall–Kier alpha value is -1.22. The highest BCUT2D eigenvalue weighted by molar-refractivity contribution is 6.32. The Morgan fingerprint density at radius 2 is 2.24 bits per heavy atom. The van der Waals surface area contributed by atoms with Crippen LogP contribution < -0.4 is 4.74 Å². The number of carboxylic acids is 1. The second-order valence-electron chi connectivity index (χ2n) is 4.41. The molecule has 2 rings (SSSR count). The first-order valence-electron chi connectivity index (χ1n) is 5.78. The summed E-state index contributed by atoms with van der Waals surface area (Å²) in [5.41, 5.74) is 0.927. The Bertz CT molecular complexity index is 413. The highest BCUT2D eigenvalue weighted by Crippen LogP contribution is 2.32. The Morgan fingerprint density at radius 3 is 2.82 bits per heavy atom. The number of aliphatic carboxylic acids is 1. The van der Waals surface area contributed by atoms with Crippen LogP contribution in [0.4, 0.5) is 0 Å². The fourth-order valence-electron chi connectivity index (χ4n) is 1.56. The van der Waals surface area contributed by atoms with Crippen LogP contribution in [-0.4, -0.2) is 17.7 Å². The molecule has 1 aromatic carbocycles. The van der Waals surface area contributed by atoms with Crippen molar-refractivity contribution in [3.05, 3.63) is 28.8 Å². The maximum absolute atomic E-state index is 10.5. The number of rotatable bonds is 6. The molecule has 0 bridgehead atoms. The molecule has 0 spiro atoms. The van der Waals surface area contributed by atoms with E-state index in [1.54, 1.807) is 6.07 Å². The van der Waals surface area contributed by atoms with E-state index in [9.17, 15) is 4.79 Å². The number of carbonyl (C=O) groups is 1. The van der Waals surface area contributed by atoms with Gasteiger partial charge in [-0.15, -0.1) is 0 Å². The van der Waals surface area contributed by atoms with E-state index >= 15 is 0 Å². The van der Waals surface area contributed by atoms with Crippen LogP contribution in [0.25, 0.3) is 0 Å². The molecule has 1 saturated carbocycles. The highest BCUT2D eigenvalue weighted by Gasteiger charge is 2.22. The molecule has 1 aliphatic rings. The molecule has 0 aromatic heterocycles. The van der Waals surface area contributed by atoms with E-state index in [0.717, 1.165) is 12.2 Å². The van der Waals surface area contributed by atoms with E-state index in [1.807, 2.05) is 12.1 Å². The van der Waals surface area contributed by atoms with Gasteiger partial charge in [0.15, 0.2) is 0 Å². The van der Waals surface area contributed by atoms with Crippen LogP contribution >= 0.6 is 11.6 Å². The summed E-state index contributed by atoms with van der Waals surface area (Å²) >= 11 is 6.08. The number of hydrogen-bond donors (Lipinski definition) is 1. The third-order valence-corrected chi connectivity index (χ3v) is 3.09. The lowest BCUT2D eigenvalue weighted by molar-refractivity contribution is -0.136. The molecule has 17 heavy (non-hydrogen) atoms. The standard InChI is InChI=1S/C13H15ClO3/c14-11-7-9(4-6-13(15)16)3-5-12(11)17-8-10-1-2-10/h3,5,7,10H,1-2,4,6,8H2,(H,15,16). The first kappa shape index (κ1) is 12.2. The number of halogens is 1. The van der Waals surface area contributed by atoms with E-state index in [2.05, 4.69) is 0 Å². The Kier molecular flexibility index (Phi) is 3.89. The zero-order valence-electron chi connectivity index (χ0n) is 9.49. The second-order valence-corrected chi connectivity index (χ2v) is 4.82. The van der Waals surface area contributed by atoms with E-state index in [4.69, 9.17) is 21.4 Å². The normalized spacial score (nSPS) is 14.6. The predicted octanol–water partition coefficient (Wildman–Crippen LogP) is 3.15. The summed E-state index contributed by atoms with van der Waals surface area (Å²) in [5, 5.41) is 9.16. The first-order chi connectivity index (χ1) is 8.15. The van der Waals surface area contributed by atoms with Gasteiger partial charge >= 0.3 is 5.97 Å². The van der Waals surface area contributed by atoms with Gasteiger partial charge in [0.1, 0.15) is 5.75 Å². The average Bonchev–Trinajstić information content (AvgIpc) is 3.09. The summed E-state index contributed by atoms with van der Waals surface area (Å²) in [4.78, 5) is 10.5. The van der Waals surface area contributed by atoms with Gasteiger partial charge in [-0.3, -0.25) is 4.79 Å². The quantitative estimate of drug-likeness (QED) is 0.848. The molecule has 0 atom stereocenters. The summed E-state index contributed by atoms with van der Waals surface area (Å²) < 4.78 is 5.59. The molecular weight excluding hydrogens is 240 g/mol. The zero-order chi connectivity index (χ0) is 12.3. The average molecular weight is 255 g/mol. The van der Waals surface area contributed by atoms with Crippen LogP contribution in [0.3, 0.4) is 0 Å². The molecule has 0 saturated heterocycles. The van der Waals surface area contributed by atoms with Gasteiger partial charge in [-0.2, -0.15) is 0 Å². The van der Waals surface area contributed by atoms with Gasteiger partial charge in [0, 0.05) is 6.42 Å². The van der Waals surface area contributed by atoms with Crippen molar-refractivity contribution in [1.29, 1.82) is 0 Å². The number of aryl methyl sites for hydroxylation is 1. The Morgan fingerprint density at radius 1 is 1.47 bits per heavy atom. The molecule has 0 heterocycles. The van der Waals surface area contributed by atoms with Crippen LogP contribution in [0.5, 0.6) is 5.75 Å². The lowest BCUT2D eigenvalue weighted by atomic mass is 10.1. The third kappa shape index (κ3) is 3.93.